The van der Waals surface area contributed by atoms with Crippen LogP contribution in [0.5, 0.6) is 0 Å². The Kier molecular flexibility index (Phi) is 8.43. The number of hydrogen-bond donors (Lipinski definition) is 2. The minimum atomic E-state index is -3.05. The summed E-state index contributed by atoms with van der Waals surface area (Å²) in [6.07, 6.45) is 1.80. The lowest BCUT2D eigenvalue weighted by Gasteiger charge is -2.27. The van der Waals surface area contributed by atoms with E-state index in [4.69, 9.17) is 9.47 Å². The van der Waals surface area contributed by atoms with E-state index >= 15 is 0 Å². The Morgan fingerprint density at radius 1 is 0.875 bits per heavy atom. The molecule has 2 amide bonds. The Hall–Kier alpha value is -4.92. The van der Waals surface area contributed by atoms with Crippen LogP contribution in [0.25, 0.3) is 22.3 Å². The maximum Gasteiger partial charge on any atom is 0.411 e. The highest BCUT2D eigenvalue weighted by Gasteiger charge is 2.50. The predicted octanol–water partition coefficient (Wildman–Crippen LogP) is 7.74. The van der Waals surface area contributed by atoms with Crippen LogP contribution in [-0.4, -0.2) is 72.1 Å². The van der Waals surface area contributed by atoms with Crippen LogP contribution in [-0.2, 0) is 9.47 Å². The fourth-order valence-corrected chi connectivity index (χ4v) is 5.96. The van der Waals surface area contributed by atoms with E-state index in [2.05, 4.69) is 31.8 Å². The van der Waals surface area contributed by atoms with Gasteiger partial charge in [-0.2, -0.15) is 0 Å². The number of alkyl halides is 2. The first kappa shape index (κ1) is 33.0. The van der Waals surface area contributed by atoms with Gasteiger partial charge in [-0.3, -0.25) is 9.80 Å². The fourth-order valence-electron chi connectivity index (χ4n) is 5.96. The molecule has 4 heterocycles. The van der Waals surface area contributed by atoms with Crippen molar-refractivity contribution in [2.75, 3.05) is 13.1 Å². The lowest BCUT2D eigenvalue weighted by Crippen LogP contribution is -2.38. The van der Waals surface area contributed by atoms with Crippen molar-refractivity contribution in [1.29, 1.82) is 0 Å². The number of imidazole rings is 2. The molecular formula is C36H40F2N6O4. The molecule has 0 aliphatic carbocycles. The summed E-state index contributed by atoms with van der Waals surface area (Å²) in [4.78, 5) is 43.9. The summed E-state index contributed by atoms with van der Waals surface area (Å²) in [6, 6.07) is 12.1. The topological polar surface area (TPSA) is 116 Å². The van der Waals surface area contributed by atoms with Crippen LogP contribution in [0.3, 0.4) is 0 Å². The largest absolute Gasteiger partial charge is 0.444 e. The molecule has 2 aromatic heterocycles. The van der Waals surface area contributed by atoms with Crippen LogP contribution in [0.15, 0.2) is 48.7 Å². The minimum Gasteiger partial charge on any atom is -0.444 e. The monoisotopic (exact) mass is 658 g/mol. The minimum absolute atomic E-state index is 0.162. The first-order chi connectivity index (χ1) is 22.5. The van der Waals surface area contributed by atoms with E-state index in [0.29, 0.717) is 23.1 Å². The standard InChI is InChI=1S/C36H40F2N6O4/c1-34(2,3)47-32(45)43-17-7-8-28(43)30-39-20-27(42-30)24-14-11-22(12-15-24)9-10-23-13-16-25-26(18-23)41-31(40-25)29-19-36(37,38)21-44(29)33(46)48-35(4,5)6/h11-16,18,20,28-29H,7-8,17,19,21H2,1-6H3,(H,39,42)(H,40,41)/t28-,29-/m0/s1. The number of nitrogens with one attached hydrogen (secondary N) is 2. The SMILES string of the molecule is CC(C)(C)OC(=O)N1CCC[C@H]1c1ncc(-c2ccc(C#Cc3ccc4nc([C@@H]5CC(F)(F)CN5C(=O)OC(C)(C)C)[nH]c4c3)cc2)[nH]1. The molecule has 0 saturated carbocycles. The summed E-state index contributed by atoms with van der Waals surface area (Å²) in [5.41, 5.74) is 3.13. The Balaban J connectivity index is 1.14. The molecule has 2 aliphatic rings. The van der Waals surface area contributed by atoms with Gasteiger partial charge in [-0.15, -0.1) is 0 Å². The summed E-state index contributed by atoms with van der Waals surface area (Å²) in [5, 5.41) is 0. The van der Waals surface area contributed by atoms with Crippen LogP contribution < -0.4 is 0 Å². The molecule has 10 nitrogen and oxygen atoms in total. The molecule has 0 unspecified atom stereocenters. The third kappa shape index (κ3) is 7.46. The highest BCUT2D eigenvalue weighted by atomic mass is 19.3. The number of aromatic amines is 2. The molecule has 6 rings (SSSR count). The van der Waals surface area contributed by atoms with E-state index in [9.17, 15) is 18.4 Å². The molecule has 0 spiro atoms. The maximum absolute atomic E-state index is 14.4. The van der Waals surface area contributed by atoms with E-state index in [1.54, 1.807) is 37.9 Å². The van der Waals surface area contributed by atoms with Crippen molar-refractivity contribution < 1.29 is 27.8 Å². The van der Waals surface area contributed by atoms with Gasteiger partial charge in [-0.05, 0) is 90.3 Å². The number of amides is 2. The number of H-pyrrole nitrogens is 2. The average molecular weight is 659 g/mol. The number of hydrogen-bond acceptors (Lipinski definition) is 6. The molecule has 48 heavy (non-hydrogen) atoms. The first-order valence-corrected chi connectivity index (χ1v) is 16.1. The van der Waals surface area contributed by atoms with Crippen molar-refractivity contribution in [2.45, 2.75) is 90.0 Å². The normalized spacial score (nSPS) is 19.3. The van der Waals surface area contributed by atoms with Gasteiger partial charge in [0.1, 0.15) is 22.9 Å². The van der Waals surface area contributed by atoms with Crippen LogP contribution in [0.4, 0.5) is 18.4 Å². The Morgan fingerprint density at radius 2 is 1.52 bits per heavy atom. The number of carbonyl (C=O) groups excluding carboxylic acids is 2. The number of carbonyl (C=O) groups is 2. The van der Waals surface area contributed by atoms with E-state index < -0.39 is 42.2 Å². The Morgan fingerprint density at radius 3 is 2.21 bits per heavy atom. The van der Waals surface area contributed by atoms with Crippen molar-refractivity contribution in [3.05, 3.63) is 71.4 Å². The van der Waals surface area contributed by atoms with Crippen molar-refractivity contribution in [2.24, 2.45) is 0 Å². The molecule has 0 radical (unpaired) electrons. The highest BCUT2D eigenvalue weighted by Crippen LogP contribution is 2.41. The molecule has 4 aromatic rings. The Bertz CT molecular complexity index is 1890. The number of benzene rings is 2. The quantitative estimate of drug-likeness (QED) is 0.218. The van der Waals surface area contributed by atoms with Crippen molar-refractivity contribution in [3.63, 3.8) is 0 Å². The second kappa shape index (κ2) is 12.3. The fraction of sp³-hybridized carbons (Fsp3) is 0.444. The number of ether oxygens (including phenoxy) is 2. The summed E-state index contributed by atoms with van der Waals surface area (Å²) in [5.74, 6) is 4.29. The van der Waals surface area contributed by atoms with Gasteiger partial charge in [0.05, 0.1) is 41.6 Å². The van der Waals surface area contributed by atoms with E-state index in [1.807, 2.05) is 57.2 Å². The number of rotatable bonds is 3. The van der Waals surface area contributed by atoms with Gasteiger partial charge in [-0.25, -0.2) is 28.3 Å². The zero-order valence-corrected chi connectivity index (χ0v) is 28.0. The molecule has 2 aromatic carbocycles. The van der Waals surface area contributed by atoms with Crippen molar-refractivity contribution in [3.8, 4) is 23.1 Å². The second-order valence-corrected chi connectivity index (χ2v) is 14.4. The molecular weight excluding hydrogens is 618 g/mol. The lowest BCUT2D eigenvalue weighted by molar-refractivity contribution is -0.00248. The second-order valence-electron chi connectivity index (χ2n) is 14.4. The smallest absolute Gasteiger partial charge is 0.411 e. The molecule has 2 fully saturated rings. The number of halogens is 2. The summed E-state index contributed by atoms with van der Waals surface area (Å²) >= 11 is 0. The van der Waals surface area contributed by atoms with Crippen LogP contribution in [0.1, 0.15) is 95.7 Å². The third-order valence-electron chi connectivity index (χ3n) is 8.05. The van der Waals surface area contributed by atoms with Gasteiger partial charge in [0.25, 0.3) is 5.92 Å². The van der Waals surface area contributed by atoms with E-state index in [0.717, 1.165) is 40.4 Å². The van der Waals surface area contributed by atoms with Crippen LogP contribution in [0.2, 0.25) is 0 Å². The molecule has 2 atom stereocenters. The summed E-state index contributed by atoms with van der Waals surface area (Å²) in [7, 11) is 0. The number of likely N-dealkylation sites (tertiary alicyclic amines) is 2. The Labute approximate surface area is 278 Å². The predicted molar refractivity (Wildman–Crippen MR) is 176 cm³/mol. The summed E-state index contributed by atoms with van der Waals surface area (Å²) in [6.45, 7) is 10.6. The zero-order valence-electron chi connectivity index (χ0n) is 28.0. The van der Waals surface area contributed by atoms with E-state index in [1.165, 1.54) is 0 Å². The maximum atomic E-state index is 14.4. The molecule has 2 N–H and O–H groups in total. The molecule has 0 bridgehead atoms. The zero-order chi connectivity index (χ0) is 34.4. The average Bonchev–Trinajstić information content (AvgIpc) is 3.79. The van der Waals surface area contributed by atoms with Gasteiger partial charge < -0.3 is 19.4 Å². The molecule has 2 aliphatic heterocycles. The van der Waals surface area contributed by atoms with Gasteiger partial charge in [0, 0.05) is 24.1 Å². The van der Waals surface area contributed by atoms with Crippen LogP contribution in [0, 0.1) is 11.8 Å². The molecule has 12 heteroatoms. The number of fused-ring (bicyclic) bond motifs is 1. The number of aromatic nitrogens is 4. The first-order valence-electron chi connectivity index (χ1n) is 16.1. The number of nitrogens with zero attached hydrogens (tertiary/aromatic N) is 4. The van der Waals surface area contributed by atoms with Gasteiger partial charge >= 0.3 is 12.2 Å². The lowest BCUT2D eigenvalue weighted by atomic mass is 10.1. The van der Waals surface area contributed by atoms with Gasteiger partial charge in [0.2, 0.25) is 0 Å². The van der Waals surface area contributed by atoms with Crippen LogP contribution >= 0.6 is 0 Å². The molecule has 252 valence electrons. The van der Waals surface area contributed by atoms with Gasteiger partial charge in [-0.1, -0.05) is 24.0 Å². The van der Waals surface area contributed by atoms with Gasteiger partial charge in [0.15, 0.2) is 0 Å². The van der Waals surface area contributed by atoms with E-state index in [-0.39, 0.29) is 18.0 Å². The van der Waals surface area contributed by atoms with Crippen molar-refractivity contribution in [1.82, 2.24) is 29.7 Å². The molecule has 2 saturated heterocycles. The third-order valence-corrected chi connectivity index (χ3v) is 8.05. The summed E-state index contributed by atoms with van der Waals surface area (Å²) < 4.78 is 39.9. The highest BCUT2D eigenvalue weighted by molar-refractivity contribution is 5.78. The van der Waals surface area contributed by atoms with Crippen molar-refractivity contribution >= 4 is 23.2 Å².